The van der Waals surface area contributed by atoms with Crippen molar-refractivity contribution in [3.63, 3.8) is 0 Å². The highest BCUT2D eigenvalue weighted by atomic mass is 32.1. The van der Waals surface area contributed by atoms with Crippen LogP contribution in [0.15, 0.2) is 5.03 Å². The van der Waals surface area contributed by atoms with E-state index in [1.165, 1.54) is 0 Å². The molecule has 0 bridgehead atoms. The molecule has 1 aromatic heterocycles. The first-order chi connectivity index (χ1) is 3.84. The van der Waals surface area contributed by atoms with E-state index in [9.17, 15) is 0 Å². The zero-order valence-corrected chi connectivity index (χ0v) is 5.50. The van der Waals surface area contributed by atoms with Gasteiger partial charge in [-0.1, -0.05) is 17.1 Å². The lowest BCUT2D eigenvalue weighted by Gasteiger charge is -1.80. The molecule has 0 saturated heterocycles. The third-order valence-corrected chi connectivity index (χ3v) is 1.83. The third-order valence-electron chi connectivity index (χ3n) is 0.665. The lowest BCUT2D eigenvalue weighted by Crippen LogP contribution is -1.76. The van der Waals surface area contributed by atoms with Gasteiger partial charge in [0.2, 0.25) is 0 Å². The van der Waals surface area contributed by atoms with Crippen molar-refractivity contribution in [1.29, 1.82) is 0 Å². The van der Waals surface area contributed by atoms with Gasteiger partial charge >= 0.3 is 0 Å². The number of aliphatic hydroxyl groups is 1. The fourth-order valence-electron chi connectivity index (χ4n) is 0.298. The molecule has 1 radical (unpaired) electrons. The van der Waals surface area contributed by atoms with Gasteiger partial charge < -0.3 is 5.11 Å². The van der Waals surface area contributed by atoms with Crippen molar-refractivity contribution >= 4 is 24.2 Å². The maximum absolute atomic E-state index is 8.47. The van der Waals surface area contributed by atoms with Crippen LogP contribution in [0.3, 0.4) is 0 Å². The van der Waals surface area contributed by atoms with E-state index >= 15 is 0 Å². The Kier molecular flexibility index (Phi) is 1.72. The molecule has 5 heteroatoms. The second kappa shape index (κ2) is 2.34. The molecule has 0 aliphatic rings. The van der Waals surface area contributed by atoms with Crippen LogP contribution in [0.1, 0.15) is 4.88 Å². The van der Waals surface area contributed by atoms with Gasteiger partial charge in [-0.05, 0) is 11.5 Å². The first-order valence-electron chi connectivity index (χ1n) is 1.93. The highest BCUT2D eigenvalue weighted by Crippen LogP contribution is 2.12. The quantitative estimate of drug-likeness (QED) is 0.632. The lowest BCUT2D eigenvalue weighted by atomic mass is 10.6. The fourth-order valence-corrected chi connectivity index (χ4v) is 0.965. The minimum absolute atomic E-state index is 0.0451. The van der Waals surface area contributed by atoms with Gasteiger partial charge in [-0.15, -0.1) is 5.10 Å². The normalized spacial score (nSPS) is 9.62. The minimum Gasteiger partial charge on any atom is -0.391 e. The molecular formula is C3H3N2OS2. The molecule has 0 aromatic carbocycles. The summed E-state index contributed by atoms with van der Waals surface area (Å²) in [6, 6.07) is 0. The Hall–Kier alpha value is -0.260. The van der Waals surface area contributed by atoms with E-state index in [1.54, 1.807) is 0 Å². The zero-order chi connectivity index (χ0) is 5.98. The average molecular weight is 147 g/mol. The molecule has 1 rings (SSSR count). The molecule has 3 nitrogen and oxygen atoms in total. The first-order valence-corrected chi connectivity index (χ1v) is 3.12. The van der Waals surface area contributed by atoms with Gasteiger partial charge in [-0.2, -0.15) is 0 Å². The molecule has 1 heterocycles. The van der Waals surface area contributed by atoms with Crippen molar-refractivity contribution in [2.24, 2.45) is 0 Å². The van der Waals surface area contributed by atoms with Crippen LogP contribution in [0.25, 0.3) is 0 Å². The number of hydrogen-bond acceptors (Lipinski definition) is 4. The third kappa shape index (κ3) is 0.936. The van der Waals surface area contributed by atoms with E-state index in [2.05, 4.69) is 22.2 Å². The summed E-state index contributed by atoms with van der Waals surface area (Å²) in [6.07, 6.45) is 0. The minimum atomic E-state index is -0.0451. The van der Waals surface area contributed by atoms with Crippen LogP contribution in [-0.2, 0) is 6.61 Å². The Balaban J connectivity index is 2.92. The lowest BCUT2D eigenvalue weighted by molar-refractivity contribution is 0.282. The second-order valence-corrected chi connectivity index (χ2v) is 2.38. The molecule has 43 valence electrons. The van der Waals surface area contributed by atoms with Crippen molar-refractivity contribution in [3.05, 3.63) is 4.88 Å². The van der Waals surface area contributed by atoms with Crippen molar-refractivity contribution in [1.82, 2.24) is 9.59 Å². The monoisotopic (exact) mass is 147 g/mol. The summed E-state index contributed by atoms with van der Waals surface area (Å²) in [6.45, 7) is -0.0451. The van der Waals surface area contributed by atoms with Crippen molar-refractivity contribution in [2.45, 2.75) is 11.6 Å². The highest BCUT2D eigenvalue weighted by Gasteiger charge is 2.00. The van der Waals surface area contributed by atoms with Crippen LogP contribution in [0.2, 0.25) is 0 Å². The summed E-state index contributed by atoms with van der Waals surface area (Å²) in [4.78, 5) is 0.667. The largest absolute Gasteiger partial charge is 0.391 e. The Bertz CT molecular complexity index is 176. The summed E-state index contributed by atoms with van der Waals surface area (Å²) >= 11 is 5.80. The van der Waals surface area contributed by atoms with Gasteiger partial charge in [0.25, 0.3) is 0 Å². The van der Waals surface area contributed by atoms with E-state index in [-0.39, 0.29) is 6.61 Å². The molecule has 0 saturated carbocycles. The Morgan fingerprint density at radius 2 is 2.50 bits per heavy atom. The van der Waals surface area contributed by atoms with Crippen LogP contribution < -0.4 is 0 Å². The number of hydrogen-bond donors (Lipinski definition) is 1. The molecule has 0 atom stereocenters. The van der Waals surface area contributed by atoms with E-state index < -0.39 is 0 Å². The molecule has 0 fully saturated rings. The summed E-state index contributed by atoms with van der Waals surface area (Å²) < 4.78 is 3.52. The Morgan fingerprint density at radius 3 is 2.75 bits per heavy atom. The van der Waals surface area contributed by atoms with E-state index in [0.717, 1.165) is 11.5 Å². The van der Waals surface area contributed by atoms with Gasteiger partial charge in [0.05, 0.1) is 11.5 Å². The van der Waals surface area contributed by atoms with Gasteiger partial charge in [0, 0.05) is 0 Å². The topological polar surface area (TPSA) is 46.0 Å². The van der Waals surface area contributed by atoms with E-state index in [0.29, 0.717) is 9.90 Å². The van der Waals surface area contributed by atoms with Crippen molar-refractivity contribution in [3.8, 4) is 0 Å². The first kappa shape index (κ1) is 5.87. The summed E-state index contributed by atoms with van der Waals surface area (Å²) in [5.41, 5.74) is 0. The molecule has 1 aromatic rings. The molecule has 0 unspecified atom stereocenters. The van der Waals surface area contributed by atoms with Gasteiger partial charge in [0.1, 0.15) is 0 Å². The van der Waals surface area contributed by atoms with Crippen LogP contribution in [0, 0.1) is 0 Å². The molecule has 0 aliphatic heterocycles. The number of aliphatic hydroxyl groups excluding tert-OH is 1. The summed E-state index contributed by atoms with van der Waals surface area (Å²) in [5, 5.41) is 12.4. The fraction of sp³-hybridized carbons (Fsp3) is 0.333. The van der Waals surface area contributed by atoms with Gasteiger partial charge in [0.15, 0.2) is 5.03 Å². The molecule has 0 spiro atoms. The van der Waals surface area contributed by atoms with Gasteiger partial charge in [-0.3, -0.25) is 0 Å². The predicted octanol–water partition coefficient (Wildman–Crippen LogP) is 0.587. The van der Waals surface area contributed by atoms with E-state index in [1.807, 2.05) is 0 Å². The molecule has 0 aliphatic carbocycles. The van der Waals surface area contributed by atoms with Crippen LogP contribution in [0.5, 0.6) is 0 Å². The van der Waals surface area contributed by atoms with Crippen LogP contribution in [-0.4, -0.2) is 14.7 Å². The van der Waals surface area contributed by atoms with Crippen molar-refractivity contribution < 1.29 is 5.11 Å². The van der Waals surface area contributed by atoms with Crippen molar-refractivity contribution in [2.75, 3.05) is 0 Å². The molecular weight excluding hydrogens is 144 g/mol. The maximum Gasteiger partial charge on any atom is 0.166 e. The number of nitrogens with zero attached hydrogens (tertiary/aromatic N) is 2. The Morgan fingerprint density at radius 1 is 1.75 bits per heavy atom. The molecule has 8 heavy (non-hydrogen) atoms. The summed E-state index contributed by atoms with van der Waals surface area (Å²) in [5.74, 6) is 0. The van der Waals surface area contributed by atoms with Gasteiger partial charge in [-0.25, -0.2) is 0 Å². The predicted molar refractivity (Wildman–Crippen MR) is 31.7 cm³/mol. The number of rotatable bonds is 1. The highest BCUT2D eigenvalue weighted by molar-refractivity contribution is 7.80. The number of aromatic nitrogens is 2. The Labute approximate surface area is 55.9 Å². The van der Waals surface area contributed by atoms with Crippen LogP contribution in [0.4, 0.5) is 0 Å². The molecule has 0 amide bonds. The molecule has 1 N–H and O–H groups in total. The van der Waals surface area contributed by atoms with E-state index in [4.69, 9.17) is 5.11 Å². The maximum atomic E-state index is 8.47. The zero-order valence-electron chi connectivity index (χ0n) is 3.87. The summed E-state index contributed by atoms with van der Waals surface area (Å²) in [7, 11) is 0. The van der Waals surface area contributed by atoms with Crippen LogP contribution >= 0.6 is 24.2 Å². The SMILES string of the molecule is OCc1snnc1[S]. The smallest absolute Gasteiger partial charge is 0.166 e. The average Bonchev–Trinajstić information content (AvgIpc) is 2.14. The second-order valence-electron chi connectivity index (χ2n) is 1.16. The standard InChI is InChI=1S/C3H3N2OS2/c6-1-2-3(7)4-5-8-2/h6H,1H2.